The smallest absolute Gasteiger partial charge is 0.335 e. The van der Waals surface area contributed by atoms with Gasteiger partial charge in [-0.25, -0.2) is 4.79 Å². The molecule has 2 rings (SSSR count). The maximum absolute atomic E-state index is 10.9. The summed E-state index contributed by atoms with van der Waals surface area (Å²) in [6.07, 6.45) is 2.30. The molecular formula is C13H18N2O2. The van der Waals surface area contributed by atoms with Crippen molar-refractivity contribution in [1.29, 1.82) is 0 Å². The average molecular weight is 234 g/mol. The summed E-state index contributed by atoms with van der Waals surface area (Å²) in [5.74, 6) is -0.350. The van der Waals surface area contributed by atoms with E-state index < -0.39 is 5.97 Å². The summed E-state index contributed by atoms with van der Waals surface area (Å²) in [6.45, 7) is 2.62. The summed E-state index contributed by atoms with van der Waals surface area (Å²) in [4.78, 5) is 13.1. The lowest BCUT2D eigenvalue weighted by molar-refractivity contribution is 0.0697. The quantitative estimate of drug-likeness (QED) is 0.833. The monoisotopic (exact) mass is 234 g/mol. The number of hydrogen-bond acceptors (Lipinski definition) is 3. The number of nitrogens with two attached hydrogens (primary N) is 1. The zero-order chi connectivity index (χ0) is 12.3. The van der Waals surface area contributed by atoms with Gasteiger partial charge in [0.05, 0.1) is 5.56 Å². The Morgan fingerprint density at radius 2 is 2.35 bits per heavy atom. The average Bonchev–Trinajstić information content (AvgIpc) is 2.39. The summed E-state index contributed by atoms with van der Waals surface area (Å²) in [5.41, 5.74) is 7.03. The van der Waals surface area contributed by atoms with E-state index in [9.17, 15) is 4.79 Å². The lowest BCUT2D eigenvalue weighted by Gasteiger charge is -2.34. The summed E-state index contributed by atoms with van der Waals surface area (Å²) >= 11 is 0. The van der Waals surface area contributed by atoms with Gasteiger partial charge in [-0.1, -0.05) is 6.07 Å². The maximum Gasteiger partial charge on any atom is 0.335 e. The number of carbonyl (C=O) groups is 1. The Hall–Kier alpha value is -1.55. The molecule has 0 radical (unpaired) electrons. The molecule has 1 aliphatic rings. The molecule has 0 amide bonds. The van der Waals surface area contributed by atoms with Crippen molar-refractivity contribution in [2.45, 2.75) is 12.8 Å². The molecule has 0 saturated carbocycles. The van der Waals surface area contributed by atoms with Crippen molar-refractivity contribution in [2.75, 3.05) is 24.5 Å². The molecule has 92 valence electrons. The highest BCUT2D eigenvalue weighted by Crippen LogP contribution is 2.23. The molecular weight excluding hydrogens is 216 g/mol. The first kappa shape index (κ1) is 11.9. The molecule has 1 unspecified atom stereocenters. The van der Waals surface area contributed by atoms with Crippen LogP contribution < -0.4 is 10.6 Å². The Kier molecular flexibility index (Phi) is 3.64. The predicted octanol–water partition coefficient (Wildman–Crippen LogP) is 1.56. The molecule has 1 fully saturated rings. The van der Waals surface area contributed by atoms with Crippen LogP contribution in [-0.4, -0.2) is 30.7 Å². The summed E-state index contributed by atoms with van der Waals surface area (Å²) in [5, 5.41) is 8.97. The van der Waals surface area contributed by atoms with Gasteiger partial charge in [-0.2, -0.15) is 0 Å². The molecule has 1 aromatic carbocycles. The molecule has 4 heteroatoms. The maximum atomic E-state index is 10.9. The second kappa shape index (κ2) is 5.19. The van der Waals surface area contributed by atoms with Crippen LogP contribution in [0.5, 0.6) is 0 Å². The van der Waals surface area contributed by atoms with Gasteiger partial charge in [-0.3, -0.25) is 0 Å². The number of carboxylic acid groups (broad SMARTS) is 1. The van der Waals surface area contributed by atoms with Gasteiger partial charge in [0, 0.05) is 18.8 Å². The third-order valence-corrected chi connectivity index (χ3v) is 3.31. The van der Waals surface area contributed by atoms with E-state index in [2.05, 4.69) is 4.90 Å². The van der Waals surface area contributed by atoms with E-state index in [0.29, 0.717) is 18.0 Å². The molecule has 1 atom stereocenters. The minimum absolute atomic E-state index is 0.345. The first-order chi connectivity index (χ1) is 8.20. The number of anilines is 1. The van der Waals surface area contributed by atoms with Crippen LogP contribution in [-0.2, 0) is 0 Å². The summed E-state index contributed by atoms with van der Waals surface area (Å²) < 4.78 is 0. The fourth-order valence-electron chi connectivity index (χ4n) is 2.33. The van der Waals surface area contributed by atoms with Gasteiger partial charge in [0.2, 0.25) is 0 Å². The molecule has 1 aliphatic heterocycles. The van der Waals surface area contributed by atoms with Crippen molar-refractivity contribution in [3.05, 3.63) is 29.8 Å². The standard InChI is InChI=1S/C13H18N2O2/c14-8-10-3-2-6-15(9-10)12-5-1-4-11(7-12)13(16)17/h1,4-5,7,10H,2-3,6,8-9,14H2,(H,16,17). The van der Waals surface area contributed by atoms with Crippen LogP contribution in [0.25, 0.3) is 0 Å². The van der Waals surface area contributed by atoms with E-state index in [1.54, 1.807) is 18.2 Å². The molecule has 0 aliphatic carbocycles. The highest BCUT2D eigenvalue weighted by atomic mass is 16.4. The van der Waals surface area contributed by atoms with Crippen molar-refractivity contribution >= 4 is 11.7 Å². The summed E-state index contributed by atoms with van der Waals surface area (Å²) in [7, 11) is 0. The van der Waals surface area contributed by atoms with Crippen LogP contribution in [0.1, 0.15) is 23.2 Å². The van der Waals surface area contributed by atoms with Gasteiger partial charge in [0.15, 0.2) is 0 Å². The predicted molar refractivity (Wildman–Crippen MR) is 67.4 cm³/mol. The Morgan fingerprint density at radius 3 is 3.06 bits per heavy atom. The van der Waals surface area contributed by atoms with Gasteiger partial charge in [0.1, 0.15) is 0 Å². The van der Waals surface area contributed by atoms with Gasteiger partial charge in [-0.05, 0) is 43.5 Å². The summed E-state index contributed by atoms with van der Waals surface area (Å²) in [6, 6.07) is 7.12. The molecule has 1 heterocycles. The number of benzene rings is 1. The molecule has 0 bridgehead atoms. The fourth-order valence-corrected chi connectivity index (χ4v) is 2.33. The van der Waals surface area contributed by atoms with Crippen LogP contribution in [0.15, 0.2) is 24.3 Å². The number of rotatable bonds is 3. The molecule has 0 spiro atoms. The minimum atomic E-state index is -0.876. The van der Waals surface area contributed by atoms with Gasteiger partial charge >= 0.3 is 5.97 Å². The fraction of sp³-hybridized carbons (Fsp3) is 0.462. The highest BCUT2D eigenvalue weighted by Gasteiger charge is 2.19. The van der Waals surface area contributed by atoms with Gasteiger partial charge in [-0.15, -0.1) is 0 Å². The second-order valence-corrected chi connectivity index (χ2v) is 4.55. The zero-order valence-electron chi connectivity index (χ0n) is 9.80. The number of aromatic carboxylic acids is 1. The number of nitrogens with zero attached hydrogens (tertiary/aromatic N) is 1. The van der Waals surface area contributed by atoms with Gasteiger partial charge < -0.3 is 15.7 Å². The molecule has 0 aromatic heterocycles. The zero-order valence-corrected chi connectivity index (χ0v) is 9.80. The topological polar surface area (TPSA) is 66.6 Å². The van der Waals surface area contributed by atoms with Crippen molar-refractivity contribution in [2.24, 2.45) is 11.7 Å². The SMILES string of the molecule is NCC1CCCN(c2cccc(C(=O)O)c2)C1. The molecule has 1 aromatic rings. The highest BCUT2D eigenvalue weighted by molar-refractivity contribution is 5.88. The normalized spacial score (nSPS) is 20.3. The van der Waals surface area contributed by atoms with Crippen molar-refractivity contribution in [1.82, 2.24) is 0 Å². The first-order valence-electron chi connectivity index (χ1n) is 5.99. The number of piperidine rings is 1. The minimum Gasteiger partial charge on any atom is -0.478 e. The number of hydrogen-bond donors (Lipinski definition) is 2. The van der Waals surface area contributed by atoms with E-state index in [-0.39, 0.29) is 0 Å². The molecule has 3 N–H and O–H groups in total. The lowest BCUT2D eigenvalue weighted by Crippen LogP contribution is -2.38. The molecule has 1 saturated heterocycles. The largest absolute Gasteiger partial charge is 0.478 e. The van der Waals surface area contributed by atoms with E-state index in [1.165, 1.54) is 6.42 Å². The van der Waals surface area contributed by atoms with Gasteiger partial charge in [0.25, 0.3) is 0 Å². The number of carboxylic acids is 1. The second-order valence-electron chi connectivity index (χ2n) is 4.55. The molecule has 4 nitrogen and oxygen atoms in total. The Balaban J connectivity index is 2.16. The third kappa shape index (κ3) is 2.77. The Bertz CT molecular complexity index is 406. The van der Waals surface area contributed by atoms with E-state index >= 15 is 0 Å². The van der Waals surface area contributed by atoms with Crippen molar-refractivity contribution in [3.63, 3.8) is 0 Å². The molecule has 17 heavy (non-hydrogen) atoms. The van der Waals surface area contributed by atoms with Crippen LogP contribution in [0.2, 0.25) is 0 Å². The van der Waals surface area contributed by atoms with Crippen LogP contribution in [0.3, 0.4) is 0 Å². The van der Waals surface area contributed by atoms with Crippen LogP contribution >= 0.6 is 0 Å². The van der Waals surface area contributed by atoms with Crippen LogP contribution in [0, 0.1) is 5.92 Å². The van der Waals surface area contributed by atoms with E-state index in [1.807, 2.05) is 6.07 Å². The van der Waals surface area contributed by atoms with E-state index in [0.717, 1.165) is 25.2 Å². The first-order valence-corrected chi connectivity index (χ1v) is 5.99. The van der Waals surface area contributed by atoms with Crippen LogP contribution in [0.4, 0.5) is 5.69 Å². The Labute approximate surface area is 101 Å². The van der Waals surface area contributed by atoms with Crippen molar-refractivity contribution < 1.29 is 9.90 Å². The van der Waals surface area contributed by atoms with E-state index in [4.69, 9.17) is 10.8 Å². The third-order valence-electron chi connectivity index (χ3n) is 3.31. The lowest BCUT2D eigenvalue weighted by atomic mass is 9.97. The Morgan fingerprint density at radius 1 is 1.53 bits per heavy atom. The van der Waals surface area contributed by atoms with Crippen molar-refractivity contribution in [3.8, 4) is 0 Å².